The standard InChI is InChI=1S/C28H26FN3O4S/c29-20-5-9-24(23(16-20)18-3-6-21(33)7-4-18)30-27(35)25-17-37-28(31-25)19-11-13-32(14-12-19)26(34)10-8-22-2-1-15-36-22/h1-7,9,15-17,19,33H,8,10-14H2,(H,30,35). The summed E-state index contributed by atoms with van der Waals surface area (Å²) < 4.78 is 19.3. The van der Waals surface area contributed by atoms with Crippen molar-refractivity contribution in [2.24, 2.45) is 0 Å². The average Bonchev–Trinajstić information content (AvgIpc) is 3.62. The fourth-order valence-electron chi connectivity index (χ4n) is 4.49. The predicted octanol–water partition coefficient (Wildman–Crippen LogP) is 5.84. The van der Waals surface area contributed by atoms with Gasteiger partial charge in [0.2, 0.25) is 5.91 Å². The van der Waals surface area contributed by atoms with E-state index in [9.17, 15) is 19.1 Å². The van der Waals surface area contributed by atoms with Crippen molar-refractivity contribution in [1.29, 1.82) is 0 Å². The third kappa shape index (κ3) is 5.89. The number of halogens is 1. The van der Waals surface area contributed by atoms with Crippen LogP contribution in [-0.2, 0) is 11.2 Å². The van der Waals surface area contributed by atoms with Gasteiger partial charge in [-0.2, -0.15) is 0 Å². The highest BCUT2D eigenvalue weighted by Crippen LogP contribution is 2.33. The van der Waals surface area contributed by atoms with Crippen molar-refractivity contribution in [2.75, 3.05) is 18.4 Å². The molecule has 2 aromatic heterocycles. The molecule has 1 fully saturated rings. The third-order valence-corrected chi connectivity index (χ3v) is 7.53. The maximum Gasteiger partial charge on any atom is 0.275 e. The summed E-state index contributed by atoms with van der Waals surface area (Å²) in [5.41, 5.74) is 1.93. The van der Waals surface area contributed by atoms with E-state index in [1.807, 2.05) is 17.0 Å². The molecule has 0 spiro atoms. The topological polar surface area (TPSA) is 95.7 Å². The number of aromatic hydroxyl groups is 1. The summed E-state index contributed by atoms with van der Waals surface area (Å²) >= 11 is 1.44. The van der Waals surface area contributed by atoms with Gasteiger partial charge in [-0.1, -0.05) is 12.1 Å². The minimum absolute atomic E-state index is 0.102. The van der Waals surface area contributed by atoms with Crippen LogP contribution in [0.1, 0.15) is 46.4 Å². The summed E-state index contributed by atoms with van der Waals surface area (Å²) in [4.78, 5) is 32.0. The number of amides is 2. The number of likely N-dealkylation sites (tertiary alicyclic amines) is 1. The number of carbonyl (C=O) groups is 2. The van der Waals surface area contributed by atoms with Gasteiger partial charge in [-0.05, 0) is 60.9 Å². The lowest BCUT2D eigenvalue weighted by Crippen LogP contribution is -2.38. The number of benzene rings is 2. The SMILES string of the molecule is O=C(Nc1ccc(F)cc1-c1ccc(O)cc1)c1csc(C2CCN(C(=O)CCc3ccco3)CC2)n1. The number of rotatable bonds is 7. The van der Waals surface area contributed by atoms with Gasteiger partial charge in [0.05, 0.1) is 11.3 Å². The van der Waals surface area contributed by atoms with Gasteiger partial charge in [-0.3, -0.25) is 9.59 Å². The molecule has 0 aliphatic carbocycles. The van der Waals surface area contributed by atoms with Crippen molar-refractivity contribution in [2.45, 2.75) is 31.6 Å². The molecule has 3 heterocycles. The van der Waals surface area contributed by atoms with Crippen LogP contribution in [0.25, 0.3) is 11.1 Å². The Kier molecular flexibility index (Phi) is 7.32. The molecule has 9 heteroatoms. The number of thiazole rings is 1. The number of nitrogens with zero attached hydrogens (tertiary/aromatic N) is 2. The molecule has 2 aromatic carbocycles. The molecular formula is C28H26FN3O4S. The number of anilines is 1. The summed E-state index contributed by atoms with van der Waals surface area (Å²) in [6, 6.07) is 14.2. The fraction of sp³-hybridized carbons (Fsp3) is 0.250. The van der Waals surface area contributed by atoms with Crippen molar-refractivity contribution in [3.8, 4) is 16.9 Å². The lowest BCUT2D eigenvalue weighted by Gasteiger charge is -2.31. The molecule has 1 aliphatic heterocycles. The highest BCUT2D eigenvalue weighted by atomic mass is 32.1. The Hall–Kier alpha value is -3.98. The molecule has 1 saturated heterocycles. The van der Waals surface area contributed by atoms with E-state index in [0.29, 0.717) is 48.4 Å². The normalized spacial score (nSPS) is 14.0. The molecule has 37 heavy (non-hydrogen) atoms. The van der Waals surface area contributed by atoms with Crippen LogP contribution in [0, 0.1) is 5.82 Å². The Labute approximate surface area is 217 Å². The van der Waals surface area contributed by atoms with Crippen LogP contribution in [0.3, 0.4) is 0 Å². The molecule has 0 radical (unpaired) electrons. The number of hydrogen-bond donors (Lipinski definition) is 2. The molecule has 0 unspecified atom stereocenters. The van der Waals surface area contributed by atoms with Crippen molar-refractivity contribution in [3.63, 3.8) is 0 Å². The van der Waals surface area contributed by atoms with E-state index in [1.54, 1.807) is 23.8 Å². The second-order valence-electron chi connectivity index (χ2n) is 9.00. The van der Waals surface area contributed by atoms with E-state index in [2.05, 4.69) is 10.3 Å². The summed E-state index contributed by atoms with van der Waals surface area (Å²) in [6.07, 6.45) is 4.23. The summed E-state index contributed by atoms with van der Waals surface area (Å²) in [5.74, 6) is 0.428. The Morgan fingerprint density at radius 3 is 2.65 bits per heavy atom. The first-order chi connectivity index (χ1) is 18.0. The maximum absolute atomic E-state index is 14.0. The number of aromatic nitrogens is 1. The number of phenols is 1. The van der Waals surface area contributed by atoms with Gasteiger partial charge in [0.25, 0.3) is 5.91 Å². The van der Waals surface area contributed by atoms with Gasteiger partial charge in [-0.15, -0.1) is 11.3 Å². The second kappa shape index (κ2) is 11.0. The molecule has 0 saturated carbocycles. The van der Waals surface area contributed by atoms with E-state index >= 15 is 0 Å². The number of furan rings is 1. The molecule has 0 atom stereocenters. The Morgan fingerprint density at radius 2 is 1.92 bits per heavy atom. The Bertz CT molecular complexity index is 1380. The minimum atomic E-state index is -0.428. The largest absolute Gasteiger partial charge is 0.508 e. The average molecular weight is 520 g/mol. The zero-order valence-electron chi connectivity index (χ0n) is 20.0. The molecule has 7 nitrogen and oxygen atoms in total. The summed E-state index contributed by atoms with van der Waals surface area (Å²) in [6.45, 7) is 1.32. The first kappa shape index (κ1) is 24.7. The van der Waals surface area contributed by atoms with E-state index in [0.717, 1.165) is 23.6 Å². The summed E-state index contributed by atoms with van der Waals surface area (Å²) in [7, 11) is 0. The van der Waals surface area contributed by atoms with Crippen LogP contribution in [0.4, 0.5) is 10.1 Å². The van der Waals surface area contributed by atoms with Gasteiger partial charge in [0.1, 0.15) is 23.0 Å². The fourth-order valence-corrected chi connectivity index (χ4v) is 5.46. The molecule has 190 valence electrons. The molecule has 2 amide bonds. The Morgan fingerprint density at radius 1 is 1.14 bits per heavy atom. The number of aryl methyl sites for hydroxylation is 1. The zero-order chi connectivity index (χ0) is 25.8. The van der Waals surface area contributed by atoms with Crippen LogP contribution in [0.5, 0.6) is 5.75 Å². The minimum Gasteiger partial charge on any atom is -0.508 e. The molecule has 1 aliphatic rings. The van der Waals surface area contributed by atoms with Gasteiger partial charge in [0, 0.05) is 48.5 Å². The first-order valence-corrected chi connectivity index (χ1v) is 13.0. The number of hydrogen-bond acceptors (Lipinski definition) is 6. The van der Waals surface area contributed by atoms with Crippen LogP contribution in [0.15, 0.2) is 70.7 Å². The first-order valence-electron chi connectivity index (χ1n) is 12.1. The van der Waals surface area contributed by atoms with Crippen molar-refractivity contribution < 1.29 is 23.5 Å². The van der Waals surface area contributed by atoms with Gasteiger partial charge in [0.15, 0.2) is 0 Å². The van der Waals surface area contributed by atoms with Crippen molar-refractivity contribution in [3.05, 3.63) is 88.5 Å². The number of piperidine rings is 1. The number of nitrogens with one attached hydrogen (secondary N) is 1. The monoisotopic (exact) mass is 519 g/mol. The van der Waals surface area contributed by atoms with E-state index in [-0.39, 0.29) is 23.5 Å². The third-order valence-electron chi connectivity index (χ3n) is 6.52. The van der Waals surface area contributed by atoms with Crippen molar-refractivity contribution in [1.82, 2.24) is 9.88 Å². The van der Waals surface area contributed by atoms with Crippen LogP contribution >= 0.6 is 11.3 Å². The second-order valence-corrected chi connectivity index (χ2v) is 9.89. The highest BCUT2D eigenvalue weighted by molar-refractivity contribution is 7.10. The van der Waals surface area contributed by atoms with Crippen molar-refractivity contribution >= 4 is 28.8 Å². The number of carbonyl (C=O) groups excluding carboxylic acids is 2. The van der Waals surface area contributed by atoms with E-state index < -0.39 is 5.82 Å². The van der Waals surface area contributed by atoms with E-state index in [1.165, 1.54) is 41.7 Å². The smallest absolute Gasteiger partial charge is 0.275 e. The van der Waals surface area contributed by atoms with Gasteiger partial charge < -0.3 is 19.7 Å². The van der Waals surface area contributed by atoms with E-state index in [4.69, 9.17) is 4.42 Å². The quantitative estimate of drug-likeness (QED) is 0.320. The molecular weight excluding hydrogens is 493 g/mol. The van der Waals surface area contributed by atoms with Crippen LogP contribution < -0.4 is 5.32 Å². The van der Waals surface area contributed by atoms with Gasteiger partial charge >= 0.3 is 0 Å². The molecule has 5 rings (SSSR count). The number of phenolic OH excluding ortho intramolecular Hbond substituents is 1. The highest BCUT2D eigenvalue weighted by Gasteiger charge is 2.26. The summed E-state index contributed by atoms with van der Waals surface area (Å²) in [5, 5.41) is 15.0. The predicted molar refractivity (Wildman–Crippen MR) is 139 cm³/mol. The Balaban J connectivity index is 1.20. The molecule has 4 aromatic rings. The molecule has 2 N–H and O–H groups in total. The van der Waals surface area contributed by atoms with Crippen LogP contribution in [-0.4, -0.2) is 39.9 Å². The lowest BCUT2D eigenvalue weighted by atomic mass is 9.97. The van der Waals surface area contributed by atoms with Crippen LogP contribution in [0.2, 0.25) is 0 Å². The maximum atomic E-state index is 14.0. The lowest BCUT2D eigenvalue weighted by molar-refractivity contribution is -0.132. The van der Waals surface area contributed by atoms with Gasteiger partial charge in [-0.25, -0.2) is 9.37 Å². The zero-order valence-corrected chi connectivity index (χ0v) is 20.8. The molecule has 0 bridgehead atoms.